The van der Waals surface area contributed by atoms with E-state index in [0.717, 1.165) is 11.1 Å². The summed E-state index contributed by atoms with van der Waals surface area (Å²) >= 11 is 0. The van der Waals surface area contributed by atoms with E-state index >= 15 is 0 Å². The fourth-order valence-electron chi connectivity index (χ4n) is 1.52. The van der Waals surface area contributed by atoms with Crippen LogP contribution in [0.25, 0.3) is 0 Å². The van der Waals surface area contributed by atoms with Crippen molar-refractivity contribution in [3.63, 3.8) is 0 Å². The number of aliphatic hydroxyl groups is 1. The summed E-state index contributed by atoms with van der Waals surface area (Å²) in [5.74, 6) is -0.581. The summed E-state index contributed by atoms with van der Waals surface area (Å²) in [6, 6.07) is 5.10. The van der Waals surface area contributed by atoms with Crippen molar-refractivity contribution >= 4 is 5.91 Å². The molecular weight excluding hydrogens is 220 g/mol. The maximum absolute atomic E-state index is 10.7. The van der Waals surface area contributed by atoms with Gasteiger partial charge in [0.1, 0.15) is 11.9 Å². The Kier molecular flexibility index (Phi) is 4.48. The lowest BCUT2D eigenvalue weighted by Crippen LogP contribution is -2.38. The summed E-state index contributed by atoms with van der Waals surface area (Å²) in [5.41, 5.74) is 6.69. The van der Waals surface area contributed by atoms with Crippen molar-refractivity contribution in [1.82, 2.24) is 5.32 Å². The first-order valence-electron chi connectivity index (χ1n) is 5.42. The first-order valence-corrected chi connectivity index (χ1v) is 5.42. The molecular formula is C12H18N2O3. The molecule has 5 N–H and O–H groups in total. The SMILES string of the molecule is Cc1ccc(O)c(C(C)NCC(O)C(N)=O)c1. The Morgan fingerprint density at radius 2 is 2.18 bits per heavy atom. The number of carbonyl (C=O) groups is 1. The quantitative estimate of drug-likeness (QED) is 0.589. The summed E-state index contributed by atoms with van der Waals surface area (Å²) in [4.78, 5) is 10.7. The largest absolute Gasteiger partial charge is 0.508 e. The molecule has 0 fully saturated rings. The number of hydrogen-bond donors (Lipinski definition) is 4. The van der Waals surface area contributed by atoms with Gasteiger partial charge in [0.15, 0.2) is 0 Å². The van der Waals surface area contributed by atoms with Crippen molar-refractivity contribution in [3.8, 4) is 5.75 Å². The number of phenols is 1. The Morgan fingerprint density at radius 3 is 2.76 bits per heavy atom. The van der Waals surface area contributed by atoms with Gasteiger partial charge in [-0.05, 0) is 19.9 Å². The third-order valence-electron chi connectivity index (χ3n) is 2.60. The molecule has 17 heavy (non-hydrogen) atoms. The van der Waals surface area contributed by atoms with Crippen LogP contribution in [-0.2, 0) is 4.79 Å². The van der Waals surface area contributed by atoms with E-state index in [9.17, 15) is 15.0 Å². The van der Waals surface area contributed by atoms with Crippen molar-refractivity contribution in [2.45, 2.75) is 26.0 Å². The molecule has 0 radical (unpaired) electrons. The molecule has 1 amide bonds. The van der Waals surface area contributed by atoms with E-state index in [4.69, 9.17) is 5.73 Å². The zero-order valence-electron chi connectivity index (χ0n) is 9.97. The van der Waals surface area contributed by atoms with E-state index in [1.807, 2.05) is 26.0 Å². The number of nitrogens with one attached hydrogen (secondary N) is 1. The average molecular weight is 238 g/mol. The van der Waals surface area contributed by atoms with Gasteiger partial charge in [-0.2, -0.15) is 0 Å². The summed E-state index contributed by atoms with van der Waals surface area (Å²) < 4.78 is 0. The molecule has 5 nitrogen and oxygen atoms in total. The minimum absolute atomic E-state index is 0.0594. The van der Waals surface area contributed by atoms with Gasteiger partial charge < -0.3 is 21.3 Å². The van der Waals surface area contributed by atoms with Gasteiger partial charge in [0.25, 0.3) is 0 Å². The predicted octanol–water partition coefficient (Wildman–Crippen LogP) is 0.197. The molecule has 1 aromatic carbocycles. The fourth-order valence-corrected chi connectivity index (χ4v) is 1.52. The standard InChI is InChI=1S/C12H18N2O3/c1-7-3-4-10(15)9(5-7)8(2)14-6-11(16)12(13)17/h3-5,8,11,14-16H,6H2,1-2H3,(H2,13,17). The first kappa shape index (κ1) is 13.5. The van der Waals surface area contributed by atoms with Crippen molar-refractivity contribution in [2.75, 3.05) is 6.54 Å². The maximum atomic E-state index is 10.7. The van der Waals surface area contributed by atoms with Gasteiger partial charge in [-0.15, -0.1) is 0 Å². The van der Waals surface area contributed by atoms with Crippen LogP contribution in [0.3, 0.4) is 0 Å². The zero-order valence-corrected chi connectivity index (χ0v) is 9.97. The second-order valence-electron chi connectivity index (χ2n) is 4.11. The smallest absolute Gasteiger partial charge is 0.247 e. The van der Waals surface area contributed by atoms with E-state index in [0.29, 0.717) is 0 Å². The molecule has 1 aromatic rings. The number of benzene rings is 1. The molecule has 0 spiro atoms. The zero-order chi connectivity index (χ0) is 13.0. The number of aryl methyl sites for hydroxylation is 1. The summed E-state index contributed by atoms with van der Waals surface area (Å²) in [5, 5.41) is 21.9. The molecule has 0 heterocycles. The van der Waals surface area contributed by atoms with Crippen LogP contribution in [0.1, 0.15) is 24.1 Å². The third-order valence-corrected chi connectivity index (χ3v) is 2.60. The van der Waals surface area contributed by atoms with Crippen LogP contribution in [0.5, 0.6) is 5.75 Å². The molecule has 0 saturated carbocycles. The number of aliphatic hydroxyl groups excluding tert-OH is 1. The highest BCUT2D eigenvalue weighted by Gasteiger charge is 2.14. The molecule has 0 saturated heterocycles. The van der Waals surface area contributed by atoms with Crippen LogP contribution in [0.15, 0.2) is 18.2 Å². The lowest BCUT2D eigenvalue weighted by atomic mass is 10.0. The highest BCUT2D eigenvalue weighted by molar-refractivity contribution is 5.78. The first-order chi connectivity index (χ1) is 7.91. The molecule has 0 aliphatic carbocycles. The van der Waals surface area contributed by atoms with Gasteiger partial charge in [-0.3, -0.25) is 4.79 Å². The molecule has 5 heteroatoms. The molecule has 0 aliphatic rings. The van der Waals surface area contributed by atoms with Crippen molar-refractivity contribution in [2.24, 2.45) is 5.73 Å². The number of rotatable bonds is 5. The Bertz CT molecular complexity index is 407. The lowest BCUT2D eigenvalue weighted by molar-refractivity contribution is -0.125. The normalized spacial score (nSPS) is 14.3. The van der Waals surface area contributed by atoms with Crippen molar-refractivity contribution < 1.29 is 15.0 Å². The second kappa shape index (κ2) is 5.65. The van der Waals surface area contributed by atoms with Crippen LogP contribution in [-0.4, -0.2) is 28.8 Å². The van der Waals surface area contributed by atoms with E-state index in [-0.39, 0.29) is 18.3 Å². The van der Waals surface area contributed by atoms with Gasteiger partial charge in [-0.25, -0.2) is 0 Å². The third kappa shape index (κ3) is 3.72. The average Bonchev–Trinajstić information content (AvgIpc) is 2.28. The highest BCUT2D eigenvalue weighted by Crippen LogP contribution is 2.24. The molecule has 94 valence electrons. The van der Waals surface area contributed by atoms with E-state index < -0.39 is 12.0 Å². The van der Waals surface area contributed by atoms with Crippen molar-refractivity contribution in [3.05, 3.63) is 29.3 Å². The number of phenolic OH excluding ortho intramolecular Hbond substituents is 1. The topological polar surface area (TPSA) is 95.6 Å². The van der Waals surface area contributed by atoms with Crippen molar-refractivity contribution in [1.29, 1.82) is 0 Å². The molecule has 2 atom stereocenters. The number of amides is 1. The molecule has 1 rings (SSSR count). The van der Waals surface area contributed by atoms with E-state index in [2.05, 4.69) is 5.32 Å². The van der Waals surface area contributed by atoms with Gasteiger partial charge in [0.2, 0.25) is 5.91 Å². The van der Waals surface area contributed by atoms with Crippen LogP contribution < -0.4 is 11.1 Å². The Morgan fingerprint density at radius 1 is 1.53 bits per heavy atom. The molecule has 2 unspecified atom stereocenters. The van der Waals surface area contributed by atoms with Gasteiger partial charge in [-0.1, -0.05) is 17.7 Å². The number of primary amides is 1. The summed E-state index contributed by atoms with van der Waals surface area (Å²) in [6.45, 7) is 3.82. The minimum atomic E-state index is -1.22. The molecule has 0 aliphatic heterocycles. The number of hydrogen-bond acceptors (Lipinski definition) is 4. The molecule has 0 bridgehead atoms. The monoisotopic (exact) mass is 238 g/mol. The van der Waals surface area contributed by atoms with Gasteiger partial charge in [0.05, 0.1) is 0 Å². The van der Waals surface area contributed by atoms with Crippen LogP contribution >= 0.6 is 0 Å². The van der Waals surface area contributed by atoms with Gasteiger partial charge >= 0.3 is 0 Å². The van der Waals surface area contributed by atoms with E-state index in [1.165, 1.54) is 0 Å². The number of carbonyl (C=O) groups excluding carboxylic acids is 1. The number of aromatic hydroxyl groups is 1. The Hall–Kier alpha value is -1.59. The Balaban J connectivity index is 2.66. The summed E-state index contributed by atoms with van der Waals surface area (Å²) in [6.07, 6.45) is -1.22. The maximum Gasteiger partial charge on any atom is 0.247 e. The fraction of sp³-hybridized carbons (Fsp3) is 0.417. The van der Waals surface area contributed by atoms with E-state index in [1.54, 1.807) is 6.07 Å². The molecule has 0 aromatic heterocycles. The minimum Gasteiger partial charge on any atom is -0.508 e. The van der Waals surface area contributed by atoms with Crippen LogP contribution in [0.4, 0.5) is 0 Å². The second-order valence-corrected chi connectivity index (χ2v) is 4.11. The number of nitrogens with two attached hydrogens (primary N) is 1. The lowest BCUT2D eigenvalue weighted by Gasteiger charge is -2.17. The van der Waals surface area contributed by atoms with Gasteiger partial charge in [0, 0.05) is 18.2 Å². The highest BCUT2D eigenvalue weighted by atomic mass is 16.3. The van der Waals surface area contributed by atoms with Crippen LogP contribution in [0.2, 0.25) is 0 Å². The van der Waals surface area contributed by atoms with Crippen LogP contribution in [0, 0.1) is 6.92 Å². The summed E-state index contributed by atoms with van der Waals surface area (Å²) in [7, 11) is 0. The predicted molar refractivity (Wildman–Crippen MR) is 64.5 cm³/mol. The Labute approximate surface area is 100 Å².